The number of carbonyl (C=O) groups excluding carboxylic acids is 1. The lowest BCUT2D eigenvalue weighted by molar-refractivity contribution is 0.0936. The number of likely N-dealkylation sites (N-methyl/N-ethyl adjacent to an activating group) is 1. The van der Waals surface area contributed by atoms with Crippen LogP contribution in [0.2, 0.25) is 0 Å². The van der Waals surface area contributed by atoms with Gasteiger partial charge in [0.05, 0.1) is 6.04 Å². The summed E-state index contributed by atoms with van der Waals surface area (Å²) in [5.74, 6) is 0.749. The Labute approximate surface area is 153 Å². The Morgan fingerprint density at radius 2 is 1.69 bits per heavy atom. The van der Waals surface area contributed by atoms with Gasteiger partial charge in [-0.3, -0.25) is 4.79 Å². The summed E-state index contributed by atoms with van der Waals surface area (Å²) in [7, 11) is 4.00. The van der Waals surface area contributed by atoms with Gasteiger partial charge in [0.15, 0.2) is 5.69 Å². The average molecular weight is 349 g/mol. The van der Waals surface area contributed by atoms with Crippen molar-refractivity contribution in [2.45, 2.75) is 13.0 Å². The molecule has 0 spiro atoms. The maximum absolute atomic E-state index is 12.6. The molecule has 1 aromatic heterocycles. The van der Waals surface area contributed by atoms with Crippen molar-refractivity contribution in [1.29, 1.82) is 0 Å². The van der Waals surface area contributed by atoms with Gasteiger partial charge in [0.1, 0.15) is 5.76 Å². The lowest BCUT2D eigenvalue weighted by Crippen LogP contribution is -2.34. The number of hydrogen-bond acceptors (Lipinski definition) is 4. The van der Waals surface area contributed by atoms with Crippen molar-refractivity contribution in [3.05, 3.63) is 77.7 Å². The van der Waals surface area contributed by atoms with E-state index in [0.717, 1.165) is 11.1 Å². The van der Waals surface area contributed by atoms with Crippen LogP contribution in [0.3, 0.4) is 0 Å². The second-order valence-corrected chi connectivity index (χ2v) is 6.39. The molecule has 26 heavy (non-hydrogen) atoms. The van der Waals surface area contributed by atoms with Gasteiger partial charge >= 0.3 is 0 Å². The Balaban J connectivity index is 1.73. The first kappa shape index (κ1) is 17.9. The molecule has 1 heterocycles. The second-order valence-electron chi connectivity index (χ2n) is 6.39. The average Bonchev–Trinajstić information content (AvgIpc) is 3.05. The first-order chi connectivity index (χ1) is 12.6. The van der Waals surface area contributed by atoms with Crippen LogP contribution in [0, 0.1) is 6.92 Å². The van der Waals surface area contributed by atoms with E-state index in [-0.39, 0.29) is 11.9 Å². The lowest BCUT2D eigenvalue weighted by Gasteiger charge is -2.25. The third kappa shape index (κ3) is 4.00. The Bertz CT molecular complexity index is 857. The van der Waals surface area contributed by atoms with Crippen LogP contribution in [0.25, 0.3) is 11.5 Å². The van der Waals surface area contributed by atoms with Gasteiger partial charge in [-0.05, 0) is 38.7 Å². The molecular formula is C21H23N3O2. The van der Waals surface area contributed by atoms with E-state index in [4.69, 9.17) is 4.42 Å². The Morgan fingerprint density at radius 3 is 2.31 bits per heavy atom. The summed E-state index contributed by atoms with van der Waals surface area (Å²) in [5, 5.41) is 2.98. The van der Waals surface area contributed by atoms with Crippen LogP contribution >= 0.6 is 0 Å². The number of aromatic nitrogens is 1. The minimum absolute atomic E-state index is 0.0842. The molecule has 0 saturated heterocycles. The van der Waals surface area contributed by atoms with Crippen molar-refractivity contribution in [1.82, 2.24) is 15.2 Å². The first-order valence-corrected chi connectivity index (χ1v) is 8.58. The highest BCUT2D eigenvalue weighted by Crippen LogP contribution is 2.22. The SMILES string of the molecule is Cc1oc(-c2ccccc2)nc1C(=O)NC[C@H](c1ccccc1)N(C)C. The molecule has 0 aliphatic carbocycles. The largest absolute Gasteiger partial charge is 0.441 e. The number of hydrogen-bond donors (Lipinski definition) is 1. The van der Waals surface area contributed by atoms with Gasteiger partial charge in [0.25, 0.3) is 5.91 Å². The molecule has 1 amide bonds. The molecule has 1 atom stereocenters. The maximum atomic E-state index is 12.6. The third-order valence-corrected chi connectivity index (χ3v) is 4.30. The molecule has 1 N–H and O–H groups in total. The van der Waals surface area contributed by atoms with E-state index in [1.807, 2.05) is 62.6 Å². The number of aryl methyl sites for hydroxylation is 1. The summed E-state index contributed by atoms with van der Waals surface area (Å²) in [6.45, 7) is 2.25. The fraction of sp³-hybridized carbons (Fsp3) is 0.238. The fourth-order valence-corrected chi connectivity index (χ4v) is 2.86. The number of carbonyl (C=O) groups is 1. The molecule has 0 saturated carbocycles. The molecule has 3 aromatic rings. The molecule has 134 valence electrons. The highest BCUT2D eigenvalue weighted by Gasteiger charge is 2.20. The normalized spacial score (nSPS) is 12.2. The van der Waals surface area contributed by atoms with Crippen molar-refractivity contribution < 1.29 is 9.21 Å². The minimum atomic E-state index is -0.226. The molecule has 0 fully saturated rings. The summed E-state index contributed by atoms with van der Waals surface area (Å²) >= 11 is 0. The van der Waals surface area contributed by atoms with Crippen LogP contribution in [-0.4, -0.2) is 36.4 Å². The van der Waals surface area contributed by atoms with Gasteiger partial charge in [-0.15, -0.1) is 0 Å². The monoisotopic (exact) mass is 349 g/mol. The van der Waals surface area contributed by atoms with E-state index < -0.39 is 0 Å². The number of rotatable bonds is 6. The van der Waals surface area contributed by atoms with Crippen molar-refractivity contribution >= 4 is 5.91 Å². The molecule has 0 radical (unpaired) electrons. The Hall–Kier alpha value is -2.92. The lowest BCUT2D eigenvalue weighted by atomic mass is 10.1. The van der Waals surface area contributed by atoms with E-state index in [2.05, 4.69) is 27.3 Å². The number of nitrogens with one attached hydrogen (secondary N) is 1. The highest BCUT2D eigenvalue weighted by molar-refractivity contribution is 5.93. The molecule has 0 unspecified atom stereocenters. The molecule has 2 aromatic carbocycles. The molecule has 0 bridgehead atoms. The molecule has 0 aliphatic rings. The van der Waals surface area contributed by atoms with Gasteiger partial charge < -0.3 is 14.6 Å². The van der Waals surface area contributed by atoms with Crippen LogP contribution in [0.5, 0.6) is 0 Å². The maximum Gasteiger partial charge on any atom is 0.273 e. The van der Waals surface area contributed by atoms with E-state index >= 15 is 0 Å². The smallest absolute Gasteiger partial charge is 0.273 e. The predicted molar refractivity (Wildman–Crippen MR) is 102 cm³/mol. The molecule has 5 nitrogen and oxygen atoms in total. The quantitative estimate of drug-likeness (QED) is 0.737. The topological polar surface area (TPSA) is 58.4 Å². The van der Waals surface area contributed by atoms with Gasteiger partial charge in [-0.2, -0.15) is 0 Å². The zero-order chi connectivity index (χ0) is 18.5. The summed E-state index contributed by atoms with van der Waals surface area (Å²) in [6, 6.07) is 19.8. The van der Waals surface area contributed by atoms with E-state index in [0.29, 0.717) is 23.9 Å². The Morgan fingerprint density at radius 1 is 1.08 bits per heavy atom. The van der Waals surface area contributed by atoms with Crippen LogP contribution in [0.15, 0.2) is 65.1 Å². The van der Waals surface area contributed by atoms with Gasteiger partial charge in [-0.1, -0.05) is 48.5 Å². The third-order valence-electron chi connectivity index (χ3n) is 4.30. The first-order valence-electron chi connectivity index (χ1n) is 8.58. The number of oxazole rings is 1. The zero-order valence-electron chi connectivity index (χ0n) is 15.3. The van der Waals surface area contributed by atoms with Crippen LogP contribution in [0.4, 0.5) is 0 Å². The van der Waals surface area contributed by atoms with Crippen molar-refractivity contribution in [2.24, 2.45) is 0 Å². The zero-order valence-corrected chi connectivity index (χ0v) is 15.3. The van der Waals surface area contributed by atoms with E-state index in [9.17, 15) is 4.79 Å². The minimum Gasteiger partial charge on any atom is -0.441 e. The summed E-state index contributed by atoms with van der Waals surface area (Å²) < 4.78 is 5.68. The van der Waals surface area contributed by atoms with Crippen molar-refractivity contribution in [3.8, 4) is 11.5 Å². The highest BCUT2D eigenvalue weighted by atomic mass is 16.4. The van der Waals surface area contributed by atoms with Crippen molar-refractivity contribution in [3.63, 3.8) is 0 Å². The second kappa shape index (κ2) is 7.97. The van der Waals surface area contributed by atoms with Gasteiger partial charge in [0, 0.05) is 12.1 Å². The van der Waals surface area contributed by atoms with E-state index in [1.54, 1.807) is 6.92 Å². The molecule has 3 rings (SSSR count). The van der Waals surface area contributed by atoms with Gasteiger partial charge in [-0.25, -0.2) is 4.98 Å². The van der Waals surface area contributed by atoms with Crippen molar-refractivity contribution in [2.75, 3.05) is 20.6 Å². The summed E-state index contributed by atoms with van der Waals surface area (Å²) in [5.41, 5.74) is 2.33. The molecular weight excluding hydrogens is 326 g/mol. The fourth-order valence-electron chi connectivity index (χ4n) is 2.86. The van der Waals surface area contributed by atoms with Crippen LogP contribution < -0.4 is 5.32 Å². The summed E-state index contributed by atoms with van der Waals surface area (Å²) in [4.78, 5) is 19.1. The standard InChI is InChI=1S/C21H23N3O2/c1-15-19(23-21(26-15)17-12-8-5-9-13-17)20(25)22-14-18(24(2)3)16-10-6-4-7-11-16/h4-13,18H,14H2,1-3H3,(H,22,25)/t18-/m1/s1. The van der Waals surface area contributed by atoms with Crippen LogP contribution in [0.1, 0.15) is 27.9 Å². The van der Waals surface area contributed by atoms with Gasteiger partial charge in [0.2, 0.25) is 5.89 Å². The molecule has 0 aliphatic heterocycles. The van der Waals surface area contributed by atoms with E-state index in [1.165, 1.54) is 0 Å². The summed E-state index contributed by atoms with van der Waals surface area (Å²) in [6.07, 6.45) is 0. The predicted octanol–water partition coefficient (Wildman–Crippen LogP) is 3.68. The van der Waals surface area contributed by atoms with Crippen LogP contribution in [-0.2, 0) is 0 Å². The number of nitrogens with zero attached hydrogens (tertiary/aromatic N) is 2. The molecule has 5 heteroatoms. The number of benzene rings is 2. The Kier molecular flexibility index (Phi) is 5.49. The number of amides is 1.